The van der Waals surface area contributed by atoms with Gasteiger partial charge in [-0.2, -0.15) is 0 Å². The smallest absolute Gasteiger partial charge is 0.550 e. The molecule has 0 radical (unpaired) electrons. The van der Waals surface area contributed by atoms with Gasteiger partial charge in [0, 0.05) is 12.4 Å². The van der Waals surface area contributed by atoms with Crippen LogP contribution in [-0.4, -0.2) is 28.9 Å². The zero-order valence-electron chi connectivity index (χ0n) is 17.2. The summed E-state index contributed by atoms with van der Waals surface area (Å²) in [5.41, 5.74) is 1.91. The van der Waals surface area contributed by atoms with Crippen molar-refractivity contribution in [2.75, 3.05) is 6.61 Å². The Hall–Kier alpha value is -1.89. The largest absolute Gasteiger partial charge is 1.00 e. The first kappa shape index (κ1) is 24.4. The molecule has 2 unspecified atom stereocenters. The molecule has 0 aliphatic heterocycles. The number of carboxylic acids is 1. The number of carboxylic acid groups (broad SMARTS) is 1. The molecule has 0 bridgehead atoms. The third-order valence-electron chi connectivity index (χ3n) is 4.85. The van der Waals surface area contributed by atoms with E-state index in [2.05, 4.69) is 0 Å². The Bertz CT molecular complexity index is 945. The summed E-state index contributed by atoms with van der Waals surface area (Å²) in [5, 5.41) is 32.9. The fraction of sp³-hybridized carbons (Fsp3) is 0.292. The number of aliphatic hydroxyl groups excluding tert-OH is 2. The van der Waals surface area contributed by atoms with Crippen molar-refractivity contribution in [1.82, 2.24) is 0 Å². The van der Waals surface area contributed by atoms with Crippen LogP contribution in [0.4, 0.5) is 0 Å². The van der Waals surface area contributed by atoms with Gasteiger partial charge in [-0.15, -0.1) is 0 Å². The number of aliphatic hydroxyl groups is 2. The summed E-state index contributed by atoms with van der Waals surface area (Å²) in [5.74, 6) is -0.496. The fourth-order valence-electron chi connectivity index (χ4n) is 3.25. The van der Waals surface area contributed by atoms with Crippen LogP contribution in [0, 0.1) is 0 Å². The van der Waals surface area contributed by atoms with Gasteiger partial charge in [-0.1, -0.05) is 48.5 Å². The van der Waals surface area contributed by atoms with Crippen molar-refractivity contribution < 1.29 is 54.4 Å². The minimum absolute atomic E-state index is 0. The molecular weight excluding hydrogens is 391 g/mol. The van der Waals surface area contributed by atoms with E-state index in [0.29, 0.717) is 25.0 Å². The van der Waals surface area contributed by atoms with Crippen molar-refractivity contribution >= 4 is 16.7 Å². The van der Waals surface area contributed by atoms with Gasteiger partial charge >= 0.3 is 29.6 Å². The van der Waals surface area contributed by atoms with Crippen LogP contribution in [-0.2, 0) is 11.2 Å². The van der Waals surface area contributed by atoms with E-state index in [0.717, 1.165) is 21.9 Å². The molecule has 0 saturated carbocycles. The number of rotatable bonds is 10. The molecule has 30 heavy (non-hydrogen) atoms. The number of carbonyl (C=O) groups is 1. The Morgan fingerprint density at radius 2 is 1.70 bits per heavy atom. The number of hydrogen-bond donors (Lipinski definition) is 2. The molecule has 3 aromatic carbocycles. The van der Waals surface area contributed by atoms with Crippen LogP contribution in [0.5, 0.6) is 5.75 Å². The predicted molar refractivity (Wildman–Crippen MR) is 109 cm³/mol. The molecule has 3 rings (SSSR count). The summed E-state index contributed by atoms with van der Waals surface area (Å²) in [4.78, 5) is 10.4. The summed E-state index contributed by atoms with van der Waals surface area (Å²) in [6.45, 7) is 0.0921. The molecule has 0 aliphatic carbocycles. The van der Waals surface area contributed by atoms with Crippen LogP contribution < -0.4 is 39.4 Å². The SMILES string of the molecule is O=C([O-])CCCC(O)COc1ccc2ccc(C(O)Cc3ccccc3)cc2c1.[Na+]. The van der Waals surface area contributed by atoms with E-state index < -0.39 is 18.2 Å². The molecule has 0 heterocycles. The first-order valence-corrected chi connectivity index (χ1v) is 9.77. The monoisotopic (exact) mass is 416 g/mol. The van der Waals surface area contributed by atoms with Crippen LogP contribution in [0.1, 0.15) is 36.5 Å². The van der Waals surface area contributed by atoms with E-state index in [-0.39, 0.29) is 42.6 Å². The zero-order valence-corrected chi connectivity index (χ0v) is 19.2. The molecule has 0 fully saturated rings. The summed E-state index contributed by atoms with van der Waals surface area (Å²) in [7, 11) is 0. The summed E-state index contributed by atoms with van der Waals surface area (Å²) in [6, 6.07) is 21.3. The topological polar surface area (TPSA) is 89.8 Å². The average molecular weight is 416 g/mol. The van der Waals surface area contributed by atoms with Crippen LogP contribution in [0.3, 0.4) is 0 Å². The molecule has 152 valence electrons. The normalized spacial score (nSPS) is 12.7. The van der Waals surface area contributed by atoms with Gasteiger partial charge in [0.05, 0.1) is 12.2 Å². The number of ether oxygens (including phenoxy) is 1. The number of fused-ring (bicyclic) bond motifs is 1. The van der Waals surface area contributed by atoms with Crippen LogP contribution in [0.25, 0.3) is 10.8 Å². The maximum atomic E-state index is 10.6. The second kappa shape index (κ2) is 12.1. The Morgan fingerprint density at radius 3 is 2.43 bits per heavy atom. The maximum Gasteiger partial charge on any atom is 1.00 e. The van der Waals surface area contributed by atoms with Crippen molar-refractivity contribution in [2.24, 2.45) is 0 Å². The first-order chi connectivity index (χ1) is 14.0. The number of hydrogen-bond acceptors (Lipinski definition) is 5. The van der Waals surface area contributed by atoms with Crippen molar-refractivity contribution in [2.45, 2.75) is 37.9 Å². The Kier molecular flexibility index (Phi) is 9.82. The molecule has 0 saturated heterocycles. The summed E-state index contributed by atoms with van der Waals surface area (Å²) < 4.78 is 5.65. The van der Waals surface area contributed by atoms with Gasteiger partial charge in [0.15, 0.2) is 0 Å². The molecule has 0 amide bonds. The molecule has 2 N–H and O–H groups in total. The second-order valence-corrected chi connectivity index (χ2v) is 7.20. The quantitative estimate of drug-likeness (QED) is 0.446. The van der Waals surface area contributed by atoms with Gasteiger partial charge in [0.25, 0.3) is 0 Å². The molecule has 2 atom stereocenters. The molecule has 6 heteroatoms. The number of carbonyl (C=O) groups excluding carboxylic acids is 1. The first-order valence-electron chi connectivity index (χ1n) is 9.77. The molecule has 0 aromatic heterocycles. The van der Waals surface area contributed by atoms with Crippen LogP contribution in [0.15, 0.2) is 66.7 Å². The maximum absolute atomic E-state index is 10.6. The number of benzene rings is 3. The van der Waals surface area contributed by atoms with E-state index in [1.54, 1.807) is 0 Å². The van der Waals surface area contributed by atoms with Crippen LogP contribution >= 0.6 is 0 Å². The predicted octanol–water partition coefficient (Wildman–Crippen LogP) is -0.220. The minimum atomic E-state index is -1.11. The average Bonchev–Trinajstić information content (AvgIpc) is 2.72. The van der Waals surface area contributed by atoms with Gasteiger partial charge in [0.2, 0.25) is 0 Å². The molecule has 0 aliphatic rings. The van der Waals surface area contributed by atoms with Crippen molar-refractivity contribution in [3.05, 3.63) is 77.9 Å². The van der Waals surface area contributed by atoms with Crippen molar-refractivity contribution in [3.63, 3.8) is 0 Å². The molecule has 5 nitrogen and oxygen atoms in total. The van der Waals surface area contributed by atoms with E-state index >= 15 is 0 Å². The van der Waals surface area contributed by atoms with E-state index in [9.17, 15) is 20.1 Å². The van der Waals surface area contributed by atoms with Gasteiger partial charge in [-0.3, -0.25) is 0 Å². The van der Waals surface area contributed by atoms with E-state index in [1.165, 1.54) is 0 Å². The van der Waals surface area contributed by atoms with Crippen molar-refractivity contribution in [3.8, 4) is 5.75 Å². The third kappa shape index (κ3) is 7.42. The zero-order chi connectivity index (χ0) is 20.6. The Morgan fingerprint density at radius 1 is 0.967 bits per heavy atom. The van der Waals surface area contributed by atoms with E-state index in [4.69, 9.17) is 4.74 Å². The molecule has 3 aromatic rings. The summed E-state index contributed by atoms with van der Waals surface area (Å²) >= 11 is 0. The van der Waals surface area contributed by atoms with Crippen LogP contribution in [0.2, 0.25) is 0 Å². The van der Waals surface area contributed by atoms with Crippen molar-refractivity contribution in [1.29, 1.82) is 0 Å². The molecular formula is C24H25NaO5. The fourth-order valence-corrected chi connectivity index (χ4v) is 3.25. The minimum Gasteiger partial charge on any atom is -0.550 e. The van der Waals surface area contributed by atoms with E-state index in [1.807, 2.05) is 66.7 Å². The van der Waals surface area contributed by atoms with Gasteiger partial charge in [0.1, 0.15) is 12.4 Å². The summed E-state index contributed by atoms with van der Waals surface area (Å²) in [6.07, 6.45) is -0.159. The standard InChI is InChI=1S/C24H26O5.Na/c25-21(7-4-8-24(27)28)16-29-22-12-11-18-9-10-19(14-20(18)15-22)23(26)13-17-5-2-1-3-6-17;/h1-3,5-6,9-12,14-15,21,23,25-26H,4,7-8,13,16H2,(H,27,28);/q;+1/p-1. The third-order valence-corrected chi connectivity index (χ3v) is 4.85. The number of aliphatic carboxylic acids is 1. The second-order valence-electron chi connectivity index (χ2n) is 7.20. The Labute approximate surface area is 198 Å². The Balaban J connectivity index is 0.00000320. The van der Waals surface area contributed by atoms with Gasteiger partial charge in [-0.05, 0) is 59.4 Å². The van der Waals surface area contributed by atoms with Gasteiger partial charge < -0.3 is 24.9 Å². The van der Waals surface area contributed by atoms with Gasteiger partial charge in [-0.25, -0.2) is 0 Å². The molecule has 0 spiro atoms.